The van der Waals surface area contributed by atoms with Gasteiger partial charge in [0.1, 0.15) is 0 Å². The Hall–Kier alpha value is -0.0400. The van der Waals surface area contributed by atoms with E-state index in [4.69, 9.17) is 0 Å². The Morgan fingerprint density at radius 2 is 0.778 bits per heavy atom. The highest BCUT2D eigenvalue weighted by Gasteiger charge is 2.24. The Morgan fingerprint density at radius 1 is 0.444 bits per heavy atom. The average Bonchev–Trinajstić information content (AvgIpc) is 2.65. The molecule has 0 amide bonds. The third-order valence-electron chi connectivity index (χ3n) is 6.31. The van der Waals surface area contributed by atoms with Crippen LogP contribution in [0.2, 0.25) is 0 Å². The standard InChI is InChI=1S/C26H55N/c1-6-9-12-13-14-15-16-17-18-19-20-21-22-23-26(4,5)27(24-10-7-2)25-11-8-3/h6-25H2,1-5H3. The number of unbranched alkanes of at least 4 members (excludes halogenated alkanes) is 14. The fraction of sp³-hybridized carbons (Fsp3) is 1.00. The van der Waals surface area contributed by atoms with Gasteiger partial charge in [0.05, 0.1) is 0 Å². The zero-order chi connectivity index (χ0) is 20.2. The molecule has 0 aliphatic carbocycles. The molecule has 0 unspecified atom stereocenters. The third-order valence-corrected chi connectivity index (χ3v) is 6.31. The van der Waals surface area contributed by atoms with Crippen LogP contribution in [0.15, 0.2) is 0 Å². The summed E-state index contributed by atoms with van der Waals surface area (Å²) in [4.78, 5) is 2.78. The highest BCUT2D eigenvalue weighted by Crippen LogP contribution is 2.24. The van der Waals surface area contributed by atoms with E-state index in [2.05, 4.69) is 39.5 Å². The number of rotatable bonds is 21. The predicted molar refractivity (Wildman–Crippen MR) is 126 cm³/mol. The van der Waals surface area contributed by atoms with E-state index < -0.39 is 0 Å². The van der Waals surface area contributed by atoms with Gasteiger partial charge < -0.3 is 0 Å². The largest absolute Gasteiger partial charge is 0.298 e. The van der Waals surface area contributed by atoms with Gasteiger partial charge in [-0.2, -0.15) is 0 Å². The Bertz CT molecular complexity index is 276. The molecule has 0 rings (SSSR count). The van der Waals surface area contributed by atoms with Crippen molar-refractivity contribution >= 4 is 0 Å². The van der Waals surface area contributed by atoms with Crippen LogP contribution in [0.1, 0.15) is 150 Å². The molecule has 164 valence electrons. The molecule has 0 aliphatic rings. The molecule has 0 aromatic heterocycles. The Morgan fingerprint density at radius 3 is 1.15 bits per heavy atom. The van der Waals surface area contributed by atoms with Crippen molar-refractivity contribution in [2.24, 2.45) is 0 Å². The zero-order valence-corrected chi connectivity index (χ0v) is 20.1. The van der Waals surface area contributed by atoms with Crippen molar-refractivity contribution in [1.29, 1.82) is 0 Å². The molecule has 0 fully saturated rings. The quantitative estimate of drug-likeness (QED) is 0.179. The average molecular weight is 382 g/mol. The summed E-state index contributed by atoms with van der Waals surface area (Å²) >= 11 is 0. The molecular formula is C26H55N. The van der Waals surface area contributed by atoms with Gasteiger partial charge in [-0.25, -0.2) is 0 Å². The molecule has 0 saturated carbocycles. The second-order valence-electron chi connectivity index (χ2n) is 9.50. The highest BCUT2D eigenvalue weighted by atomic mass is 15.2. The van der Waals surface area contributed by atoms with Gasteiger partial charge in [0.25, 0.3) is 0 Å². The summed E-state index contributed by atoms with van der Waals surface area (Å²) < 4.78 is 0. The smallest absolute Gasteiger partial charge is 0.0153 e. The monoisotopic (exact) mass is 381 g/mol. The molecule has 0 aromatic rings. The van der Waals surface area contributed by atoms with Crippen LogP contribution >= 0.6 is 0 Å². The van der Waals surface area contributed by atoms with Gasteiger partial charge in [-0.3, -0.25) is 4.90 Å². The topological polar surface area (TPSA) is 3.24 Å². The van der Waals surface area contributed by atoms with E-state index in [0.29, 0.717) is 5.54 Å². The molecule has 0 N–H and O–H groups in total. The fourth-order valence-electron chi connectivity index (χ4n) is 4.15. The lowest BCUT2D eigenvalue weighted by Crippen LogP contribution is -2.45. The Kier molecular flexibility index (Phi) is 19.3. The van der Waals surface area contributed by atoms with Crippen molar-refractivity contribution in [2.45, 2.75) is 156 Å². The molecule has 0 atom stereocenters. The van der Waals surface area contributed by atoms with Crippen LogP contribution in [-0.2, 0) is 0 Å². The minimum absolute atomic E-state index is 0.391. The molecule has 0 heterocycles. The van der Waals surface area contributed by atoms with Gasteiger partial charge in [0.2, 0.25) is 0 Å². The summed E-state index contributed by atoms with van der Waals surface area (Å²) in [6.45, 7) is 14.5. The first kappa shape index (κ1) is 27.0. The molecule has 0 spiro atoms. The molecule has 0 bridgehead atoms. The maximum Gasteiger partial charge on any atom is 0.0153 e. The third kappa shape index (κ3) is 16.6. The van der Waals surface area contributed by atoms with Crippen molar-refractivity contribution in [3.63, 3.8) is 0 Å². The first-order valence-corrected chi connectivity index (χ1v) is 12.8. The number of hydrogen-bond acceptors (Lipinski definition) is 1. The van der Waals surface area contributed by atoms with Crippen molar-refractivity contribution in [3.05, 3.63) is 0 Å². The summed E-state index contributed by atoms with van der Waals surface area (Å²) in [5.74, 6) is 0. The number of hydrogen-bond donors (Lipinski definition) is 0. The van der Waals surface area contributed by atoms with E-state index >= 15 is 0 Å². The maximum atomic E-state index is 2.78. The molecule has 0 aromatic carbocycles. The van der Waals surface area contributed by atoms with Crippen molar-refractivity contribution in [2.75, 3.05) is 13.1 Å². The van der Waals surface area contributed by atoms with E-state index in [-0.39, 0.29) is 0 Å². The normalized spacial score (nSPS) is 12.2. The molecule has 27 heavy (non-hydrogen) atoms. The van der Waals surface area contributed by atoms with Crippen molar-refractivity contribution < 1.29 is 0 Å². The molecule has 1 nitrogen and oxygen atoms in total. The lowest BCUT2D eigenvalue weighted by Gasteiger charge is -2.39. The summed E-state index contributed by atoms with van der Waals surface area (Å²) in [6, 6.07) is 0. The van der Waals surface area contributed by atoms with Crippen LogP contribution < -0.4 is 0 Å². The predicted octanol–water partition coefficient (Wildman–Crippen LogP) is 9.15. The number of nitrogens with zero attached hydrogens (tertiary/aromatic N) is 1. The minimum atomic E-state index is 0.391. The zero-order valence-electron chi connectivity index (χ0n) is 20.1. The lowest BCUT2D eigenvalue weighted by atomic mass is 9.93. The highest BCUT2D eigenvalue weighted by molar-refractivity contribution is 4.81. The summed E-state index contributed by atoms with van der Waals surface area (Å²) in [5, 5.41) is 0. The van der Waals surface area contributed by atoms with Gasteiger partial charge >= 0.3 is 0 Å². The summed E-state index contributed by atoms with van der Waals surface area (Å²) in [6.07, 6.45) is 25.6. The van der Waals surface area contributed by atoms with Gasteiger partial charge in [-0.15, -0.1) is 0 Å². The van der Waals surface area contributed by atoms with E-state index in [1.54, 1.807) is 0 Å². The second-order valence-corrected chi connectivity index (χ2v) is 9.50. The van der Waals surface area contributed by atoms with Crippen LogP contribution in [0.4, 0.5) is 0 Å². The Labute approximate surface area is 174 Å². The second kappa shape index (κ2) is 19.3. The van der Waals surface area contributed by atoms with Gasteiger partial charge in [-0.1, -0.05) is 117 Å². The summed E-state index contributed by atoms with van der Waals surface area (Å²) in [7, 11) is 0. The molecule has 0 radical (unpaired) electrons. The van der Waals surface area contributed by atoms with E-state index in [1.807, 2.05) is 0 Å². The van der Waals surface area contributed by atoms with Crippen LogP contribution in [0.5, 0.6) is 0 Å². The van der Waals surface area contributed by atoms with Crippen LogP contribution in [0.3, 0.4) is 0 Å². The maximum absolute atomic E-state index is 2.78. The van der Waals surface area contributed by atoms with Crippen LogP contribution in [-0.4, -0.2) is 23.5 Å². The van der Waals surface area contributed by atoms with Crippen molar-refractivity contribution in [1.82, 2.24) is 4.90 Å². The van der Waals surface area contributed by atoms with Gasteiger partial charge in [0, 0.05) is 5.54 Å². The molecule has 0 aliphatic heterocycles. The first-order chi connectivity index (χ1) is 13.1. The fourth-order valence-corrected chi connectivity index (χ4v) is 4.15. The molecule has 0 saturated heterocycles. The van der Waals surface area contributed by atoms with E-state index in [1.165, 1.54) is 129 Å². The van der Waals surface area contributed by atoms with Crippen LogP contribution in [0.25, 0.3) is 0 Å². The first-order valence-electron chi connectivity index (χ1n) is 12.8. The molecule has 1 heteroatoms. The lowest BCUT2D eigenvalue weighted by molar-refractivity contribution is 0.104. The SMILES string of the molecule is CCCCCCCCCCCCCCCC(C)(C)N(CCCC)CCCC. The van der Waals surface area contributed by atoms with Crippen molar-refractivity contribution in [3.8, 4) is 0 Å². The van der Waals surface area contributed by atoms with Gasteiger partial charge in [-0.05, 0) is 46.2 Å². The Balaban J connectivity index is 3.64. The van der Waals surface area contributed by atoms with Crippen LogP contribution in [0, 0.1) is 0 Å². The van der Waals surface area contributed by atoms with E-state index in [9.17, 15) is 0 Å². The van der Waals surface area contributed by atoms with E-state index in [0.717, 1.165) is 0 Å². The minimum Gasteiger partial charge on any atom is -0.298 e. The summed E-state index contributed by atoms with van der Waals surface area (Å²) in [5.41, 5.74) is 0.391. The van der Waals surface area contributed by atoms with Gasteiger partial charge in [0.15, 0.2) is 0 Å². The molecular weight excluding hydrogens is 326 g/mol.